The Kier molecular flexibility index (Phi) is 2.19. The van der Waals surface area contributed by atoms with E-state index in [0.717, 1.165) is 0 Å². The summed E-state index contributed by atoms with van der Waals surface area (Å²) in [5, 5.41) is 9.58. The molecule has 0 aromatic heterocycles. The Balaban J connectivity index is 2.48. The minimum absolute atomic E-state index is 0.155. The minimum atomic E-state index is -2.53. The summed E-state index contributed by atoms with van der Waals surface area (Å²) in [6.07, 6.45) is 0.769. The highest BCUT2D eigenvalue weighted by Gasteiger charge is 2.40. The highest BCUT2D eigenvalue weighted by molar-refractivity contribution is 4.87. The molecule has 11 heavy (non-hydrogen) atoms. The largest absolute Gasteiger partial charge is 0.390 e. The molecular weight excluding hydrogens is 150 g/mol. The van der Waals surface area contributed by atoms with Crippen LogP contribution in [-0.2, 0) is 0 Å². The van der Waals surface area contributed by atoms with Crippen molar-refractivity contribution < 1.29 is 13.9 Å². The van der Waals surface area contributed by atoms with Crippen LogP contribution in [0.25, 0.3) is 0 Å². The summed E-state index contributed by atoms with van der Waals surface area (Å²) in [5.74, 6) is -2.53. The van der Waals surface area contributed by atoms with Crippen molar-refractivity contribution in [3.63, 3.8) is 0 Å². The summed E-state index contributed by atoms with van der Waals surface area (Å²) in [6, 6.07) is 0. The Labute approximate surface area is 65.4 Å². The molecule has 1 fully saturated rings. The van der Waals surface area contributed by atoms with Crippen molar-refractivity contribution in [2.75, 3.05) is 0 Å². The van der Waals surface area contributed by atoms with Gasteiger partial charge in [-0.25, -0.2) is 8.78 Å². The van der Waals surface area contributed by atoms with Gasteiger partial charge < -0.3 is 5.11 Å². The minimum Gasteiger partial charge on any atom is -0.390 e. The van der Waals surface area contributed by atoms with Crippen LogP contribution in [-0.4, -0.2) is 16.6 Å². The molecule has 66 valence electrons. The normalized spacial score (nSPS) is 28.4. The lowest BCUT2D eigenvalue weighted by atomic mass is 9.81. The molecule has 0 aromatic carbocycles. The first-order chi connectivity index (χ1) is 4.97. The highest BCUT2D eigenvalue weighted by Crippen LogP contribution is 2.39. The highest BCUT2D eigenvalue weighted by atomic mass is 19.3. The van der Waals surface area contributed by atoms with Gasteiger partial charge in [0.1, 0.15) is 0 Å². The lowest BCUT2D eigenvalue weighted by Gasteiger charge is -2.34. The molecule has 1 N–H and O–H groups in total. The average Bonchev–Trinajstić information content (AvgIpc) is 1.97. The molecule has 1 nitrogen and oxygen atoms in total. The molecule has 0 heterocycles. The fourth-order valence-corrected chi connectivity index (χ4v) is 1.43. The first kappa shape index (κ1) is 8.91. The monoisotopic (exact) mass is 164 g/mol. The van der Waals surface area contributed by atoms with Crippen LogP contribution >= 0.6 is 0 Å². The maximum atomic E-state index is 12.6. The second kappa shape index (κ2) is 2.70. The molecular formula is C8H14F2O. The van der Waals surface area contributed by atoms with E-state index in [0.29, 0.717) is 6.42 Å². The van der Waals surface area contributed by atoms with Gasteiger partial charge in [0.15, 0.2) is 0 Å². The third kappa shape index (κ3) is 2.12. The second-order valence-electron chi connectivity index (χ2n) is 3.43. The van der Waals surface area contributed by atoms with E-state index < -0.39 is 11.5 Å². The standard InChI is InChI=1S/C8H14F2O/c1-2-7(11)3-5-8(9,10)6-4-7/h11H,2-6H2,1H3. The van der Waals surface area contributed by atoms with Crippen molar-refractivity contribution in [3.8, 4) is 0 Å². The molecule has 0 amide bonds. The molecule has 1 saturated carbocycles. The Bertz CT molecular complexity index is 135. The summed E-state index contributed by atoms with van der Waals surface area (Å²) < 4.78 is 25.1. The number of aliphatic hydroxyl groups is 1. The summed E-state index contributed by atoms with van der Waals surface area (Å²) >= 11 is 0. The molecule has 1 aliphatic carbocycles. The number of hydrogen-bond donors (Lipinski definition) is 1. The van der Waals surface area contributed by atoms with Crippen LogP contribution in [0.2, 0.25) is 0 Å². The third-order valence-electron chi connectivity index (χ3n) is 2.57. The molecule has 0 saturated heterocycles. The lowest BCUT2D eigenvalue weighted by Crippen LogP contribution is -2.37. The maximum Gasteiger partial charge on any atom is 0.248 e. The predicted octanol–water partition coefficient (Wildman–Crippen LogP) is 2.34. The quantitative estimate of drug-likeness (QED) is 0.630. The summed E-state index contributed by atoms with van der Waals surface area (Å²) in [5.41, 5.74) is -0.804. The van der Waals surface area contributed by atoms with Gasteiger partial charge in [0.05, 0.1) is 5.60 Å². The van der Waals surface area contributed by atoms with Gasteiger partial charge in [-0.05, 0) is 19.3 Å². The molecule has 0 aromatic rings. The van der Waals surface area contributed by atoms with E-state index in [4.69, 9.17) is 0 Å². The van der Waals surface area contributed by atoms with Crippen LogP contribution in [0.3, 0.4) is 0 Å². The van der Waals surface area contributed by atoms with E-state index in [1.807, 2.05) is 6.92 Å². The van der Waals surface area contributed by atoms with Gasteiger partial charge in [-0.15, -0.1) is 0 Å². The molecule has 1 aliphatic rings. The van der Waals surface area contributed by atoms with Gasteiger partial charge >= 0.3 is 0 Å². The zero-order valence-corrected chi connectivity index (χ0v) is 6.74. The molecule has 0 radical (unpaired) electrons. The van der Waals surface area contributed by atoms with Crippen LogP contribution in [0.4, 0.5) is 8.78 Å². The van der Waals surface area contributed by atoms with Crippen LogP contribution in [0.15, 0.2) is 0 Å². The van der Waals surface area contributed by atoms with Crippen LogP contribution in [0.1, 0.15) is 39.0 Å². The smallest absolute Gasteiger partial charge is 0.248 e. The van der Waals surface area contributed by atoms with Crippen LogP contribution < -0.4 is 0 Å². The van der Waals surface area contributed by atoms with Gasteiger partial charge in [0, 0.05) is 12.8 Å². The number of halogens is 2. The Morgan fingerprint density at radius 3 is 2.00 bits per heavy atom. The van der Waals surface area contributed by atoms with E-state index in [2.05, 4.69) is 0 Å². The average molecular weight is 164 g/mol. The van der Waals surface area contributed by atoms with Gasteiger partial charge in [-0.1, -0.05) is 6.92 Å². The molecule has 0 aliphatic heterocycles. The predicted molar refractivity (Wildman–Crippen MR) is 38.7 cm³/mol. The molecule has 0 atom stereocenters. The van der Waals surface area contributed by atoms with Crippen molar-refractivity contribution in [2.45, 2.75) is 50.6 Å². The summed E-state index contributed by atoms with van der Waals surface area (Å²) in [7, 11) is 0. The maximum absolute atomic E-state index is 12.6. The second-order valence-corrected chi connectivity index (χ2v) is 3.43. The van der Waals surface area contributed by atoms with Crippen molar-refractivity contribution >= 4 is 0 Å². The fraction of sp³-hybridized carbons (Fsp3) is 1.00. The lowest BCUT2D eigenvalue weighted by molar-refractivity contribution is -0.104. The number of hydrogen-bond acceptors (Lipinski definition) is 1. The van der Waals surface area contributed by atoms with Crippen LogP contribution in [0.5, 0.6) is 0 Å². The van der Waals surface area contributed by atoms with E-state index in [-0.39, 0.29) is 25.7 Å². The fourth-order valence-electron chi connectivity index (χ4n) is 1.43. The molecule has 0 unspecified atom stereocenters. The zero-order chi connectivity index (χ0) is 8.54. The summed E-state index contributed by atoms with van der Waals surface area (Å²) in [4.78, 5) is 0. The molecule has 0 bridgehead atoms. The van der Waals surface area contributed by atoms with E-state index >= 15 is 0 Å². The van der Waals surface area contributed by atoms with Crippen molar-refractivity contribution in [2.24, 2.45) is 0 Å². The van der Waals surface area contributed by atoms with Crippen molar-refractivity contribution in [1.82, 2.24) is 0 Å². The SMILES string of the molecule is CCC1(O)CCC(F)(F)CC1. The van der Waals surface area contributed by atoms with Gasteiger partial charge in [-0.2, -0.15) is 0 Å². The number of alkyl halides is 2. The first-order valence-corrected chi connectivity index (χ1v) is 4.08. The first-order valence-electron chi connectivity index (χ1n) is 4.08. The van der Waals surface area contributed by atoms with Crippen LogP contribution in [0, 0.1) is 0 Å². The molecule has 3 heteroatoms. The van der Waals surface area contributed by atoms with Crippen molar-refractivity contribution in [3.05, 3.63) is 0 Å². The van der Waals surface area contributed by atoms with Gasteiger partial charge in [0.25, 0.3) is 0 Å². The topological polar surface area (TPSA) is 20.2 Å². The number of rotatable bonds is 1. The zero-order valence-electron chi connectivity index (χ0n) is 6.74. The molecule has 0 spiro atoms. The van der Waals surface area contributed by atoms with E-state index in [1.165, 1.54) is 0 Å². The van der Waals surface area contributed by atoms with Crippen molar-refractivity contribution in [1.29, 1.82) is 0 Å². The Morgan fingerprint density at radius 1 is 1.18 bits per heavy atom. The Morgan fingerprint density at radius 2 is 1.64 bits per heavy atom. The molecule has 1 rings (SSSR count). The van der Waals surface area contributed by atoms with Gasteiger partial charge in [-0.3, -0.25) is 0 Å². The Hall–Kier alpha value is -0.180. The van der Waals surface area contributed by atoms with E-state index in [9.17, 15) is 13.9 Å². The third-order valence-corrected chi connectivity index (χ3v) is 2.57. The van der Waals surface area contributed by atoms with E-state index in [1.54, 1.807) is 0 Å². The van der Waals surface area contributed by atoms with Gasteiger partial charge in [0.2, 0.25) is 5.92 Å². The summed E-state index contributed by atoms with van der Waals surface area (Å²) in [6.45, 7) is 1.84.